The fourth-order valence-electron chi connectivity index (χ4n) is 2.32. The van der Waals surface area contributed by atoms with Crippen molar-refractivity contribution in [1.29, 1.82) is 0 Å². The summed E-state index contributed by atoms with van der Waals surface area (Å²) in [6.45, 7) is 7.37. The van der Waals surface area contributed by atoms with Crippen LogP contribution < -0.4 is 5.32 Å². The van der Waals surface area contributed by atoms with Crippen molar-refractivity contribution >= 4 is 23.3 Å². The minimum absolute atomic E-state index is 0.364. The smallest absolute Gasteiger partial charge is 0.338 e. The Morgan fingerprint density at radius 1 is 1.45 bits per heavy atom. The lowest BCUT2D eigenvalue weighted by atomic mass is 10.0. The molecule has 0 fully saturated rings. The summed E-state index contributed by atoms with van der Waals surface area (Å²) in [5.74, 6) is 0.153. The van der Waals surface area contributed by atoms with Gasteiger partial charge >= 0.3 is 5.97 Å². The first kappa shape index (κ1) is 14.7. The molecule has 0 radical (unpaired) electrons. The highest BCUT2D eigenvalue weighted by atomic mass is 32.1. The first-order chi connectivity index (χ1) is 10.4. The van der Waals surface area contributed by atoms with E-state index < -0.39 is 5.60 Å². The van der Waals surface area contributed by atoms with Crippen LogP contribution in [0.4, 0.5) is 5.95 Å². The molecule has 0 unspecified atom stereocenters. The third kappa shape index (κ3) is 2.61. The lowest BCUT2D eigenvalue weighted by Gasteiger charge is -2.28. The van der Waals surface area contributed by atoms with Crippen LogP contribution in [0.5, 0.6) is 0 Å². The van der Waals surface area contributed by atoms with Crippen molar-refractivity contribution in [2.75, 3.05) is 5.32 Å². The topological polar surface area (TPSA) is 81.9 Å². The predicted molar refractivity (Wildman–Crippen MR) is 82.4 cm³/mol. The van der Waals surface area contributed by atoms with E-state index in [0.717, 1.165) is 4.88 Å². The van der Waals surface area contributed by atoms with Gasteiger partial charge in [0.1, 0.15) is 11.6 Å². The van der Waals surface area contributed by atoms with E-state index in [1.807, 2.05) is 45.2 Å². The van der Waals surface area contributed by atoms with E-state index in [4.69, 9.17) is 4.74 Å². The van der Waals surface area contributed by atoms with E-state index >= 15 is 0 Å². The number of hydrogen-bond donors (Lipinski definition) is 1. The van der Waals surface area contributed by atoms with Crippen LogP contribution >= 0.6 is 11.3 Å². The molecule has 3 heterocycles. The van der Waals surface area contributed by atoms with Crippen LogP contribution in [0.15, 0.2) is 28.8 Å². The van der Waals surface area contributed by atoms with Crippen molar-refractivity contribution in [2.45, 2.75) is 39.3 Å². The lowest BCUT2D eigenvalue weighted by molar-refractivity contribution is -0.150. The summed E-state index contributed by atoms with van der Waals surface area (Å²) in [5, 5.41) is 16.7. The van der Waals surface area contributed by atoms with Gasteiger partial charge in [-0.15, -0.1) is 11.3 Å². The van der Waals surface area contributed by atoms with Crippen molar-refractivity contribution in [3.8, 4) is 0 Å². The normalized spacial score (nSPS) is 17.9. The van der Waals surface area contributed by atoms with Gasteiger partial charge in [0, 0.05) is 10.6 Å². The molecule has 3 rings (SSSR count). The third-order valence-corrected chi connectivity index (χ3v) is 4.07. The van der Waals surface area contributed by atoms with Gasteiger partial charge in [-0.25, -0.2) is 4.79 Å². The average molecular weight is 319 g/mol. The minimum Gasteiger partial charge on any atom is -0.456 e. The van der Waals surface area contributed by atoms with Crippen LogP contribution in [0.3, 0.4) is 0 Å². The molecule has 0 aromatic carbocycles. The molecule has 7 nitrogen and oxygen atoms in total. The van der Waals surface area contributed by atoms with Gasteiger partial charge in [-0.3, -0.25) is 0 Å². The van der Waals surface area contributed by atoms with E-state index in [9.17, 15) is 4.79 Å². The molecule has 1 aliphatic heterocycles. The molecular formula is C14H17N5O2S. The highest BCUT2D eigenvalue weighted by Crippen LogP contribution is 2.37. The van der Waals surface area contributed by atoms with E-state index in [1.165, 1.54) is 0 Å². The zero-order chi connectivity index (χ0) is 15.9. The van der Waals surface area contributed by atoms with Crippen LogP contribution in [-0.4, -0.2) is 31.8 Å². The Balaban J connectivity index is 2.07. The molecule has 0 aliphatic carbocycles. The van der Waals surface area contributed by atoms with Crippen molar-refractivity contribution in [2.24, 2.45) is 0 Å². The zero-order valence-corrected chi connectivity index (χ0v) is 13.6. The van der Waals surface area contributed by atoms with Gasteiger partial charge in [-0.05, 0) is 49.6 Å². The van der Waals surface area contributed by atoms with Crippen LogP contribution in [0.2, 0.25) is 0 Å². The van der Waals surface area contributed by atoms with Crippen molar-refractivity contribution in [3.05, 3.63) is 33.7 Å². The summed E-state index contributed by atoms with van der Waals surface area (Å²) in [4.78, 5) is 13.6. The highest BCUT2D eigenvalue weighted by molar-refractivity contribution is 7.10. The number of esters is 1. The maximum atomic E-state index is 12.7. The second-order valence-electron chi connectivity index (χ2n) is 6.03. The third-order valence-electron chi connectivity index (χ3n) is 3.15. The van der Waals surface area contributed by atoms with Gasteiger partial charge < -0.3 is 10.1 Å². The number of carbonyl (C=O) groups excluding carboxylic acids is 1. The Labute approximate surface area is 132 Å². The molecule has 2 aromatic rings. The number of thiophene rings is 1. The van der Waals surface area contributed by atoms with Crippen LogP contribution in [0.25, 0.3) is 0 Å². The van der Waals surface area contributed by atoms with Crippen LogP contribution in [0, 0.1) is 0 Å². The quantitative estimate of drug-likeness (QED) is 0.856. The van der Waals surface area contributed by atoms with Crippen molar-refractivity contribution in [1.82, 2.24) is 20.2 Å². The van der Waals surface area contributed by atoms with Crippen molar-refractivity contribution < 1.29 is 9.53 Å². The molecule has 1 N–H and O–H groups in total. The summed E-state index contributed by atoms with van der Waals surface area (Å²) < 4.78 is 7.16. The Hall–Kier alpha value is -2.22. The molecule has 0 saturated heterocycles. The number of allylic oxidation sites excluding steroid dienone is 1. The number of ether oxygens (including phenoxy) is 1. The van der Waals surface area contributed by atoms with Gasteiger partial charge in [-0.2, -0.15) is 4.68 Å². The van der Waals surface area contributed by atoms with Gasteiger partial charge in [-0.1, -0.05) is 11.2 Å². The summed E-state index contributed by atoms with van der Waals surface area (Å²) in [7, 11) is 0. The fraction of sp³-hybridized carbons (Fsp3) is 0.429. The number of tetrazole rings is 1. The zero-order valence-electron chi connectivity index (χ0n) is 12.8. The highest BCUT2D eigenvalue weighted by Gasteiger charge is 2.36. The Bertz CT molecular complexity index is 727. The number of rotatable bonds is 2. The number of nitrogens with one attached hydrogen (secondary N) is 1. The average Bonchev–Trinajstić information content (AvgIpc) is 3.05. The monoisotopic (exact) mass is 319 g/mol. The molecule has 1 atom stereocenters. The lowest BCUT2D eigenvalue weighted by Crippen LogP contribution is -2.33. The molecule has 0 bridgehead atoms. The second-order valence-corrected chi connectivity index (χ2v) is 7.01. The molecule has 0 saturated carbocycles. The second kappa shape index (κ2) is 5.20. The number of aromatic nitrogens is 4. The Morgan fingerprint density at radius 2 is 2.23 bits per heavy atom. The maximum absolute atomic E-state index is 12.7. The fourth-order valence-corrected chi connectivity index (χ4v) is 3.14. The van der Waals surface area contributed by atoms with Gasteiger partial charge in [0.15, 0.2) is 0 Å². The predicted octanol–water partition coefficient (Wildman–Crippen LogP) is 2.37. The standard InChI is InChI=1S/C14H17N5O2S/c1-8-10(12(20)21-14(2,3)4)11(9-6-5-7-22-9)19-13(15-8)16-17-18-19/h5-7,11H,1-4H3,(H,15,16,18)/t11-/m1/s1. The van der Waals surface area contributed by atoms with Crippen LogP contribution in [0.1, 0.15) is 38.6 Å². The Kier molecular flexibility index (Phi) is 3.48. The molecule has 2 aromatic heterocycles. The molecule has 0 amide bonds. The van der Waals surface area contributed by atoms with E-state index in [2.05, 4.69) is 20.8 Å². The molecule has 8 heteroatoms. The first-order valence-corrected chi connectivity index (χ1v) is 7.77. The number of anilines is 1. The van der Waals surface area contributed by atoms with Gasteiger partial charge in [0.05, 0.1) is 5.57 Å². The minimum atomic E-state index is -0.564. The summed E-state index contributed by atoms with van der Waals surface area (Å²) in [5.41, 5.74) is 0.665. The maximum Gasteiger partial charge on any atom is 0.338 e. The number of carbonyl (C=O) groups is 1. The Morgan fingerprint density at radius 3 is 2.86 bits per heavy atom. The molecule has 0 spiro atoms. The first-order valence-electron chi connectivity index (χ1n) is 6.89. The summed E-state index contributed by atoms with van der Waals surface area (Å²) in [6.07, 6.45) is 0. The van der Waals surface area contributed by atoms with Gasteiger partial charge in [0.2, 0.25) is 5.95 Å². The largest absolute Gasteiger partial charge is 0.456 e. The summed E-state index contributed by atoms with van der Waals surface area (Å²) in [6, 6.07) is 3.53. The SMILES string of the molecule is CC1=C(C(=O)OC(C)(C)C)[C@@H](c2cccs2)n2nnnc2N1. The molecule has 22 heavy (non-hydrogen) atoms. The summed E-state index contributed by atoms with van der Waals surface area (Å²) >= 11 is 1.55. The van der Waals surface area contributed by atoms with E-state index in [-0.39, 0.29) is 12.0 Å². The molecule has 116 valence electrons. The van der Waals surface area contributed by atoms with Crippen LogP contribution in [-0.2, 0) is 9.53 Å². The van der Waals surface area contributed by atoms with Crippen molar-refractivity contribution in [3.63, 3.8) is 0 Å². The number of fused-ring (bicyclic) bond motifs is 1. The number of hydrogen-bond acceptors (Lipinski definition) is 7. The van der Waals surface area contributed by atoms with Gasteiger partial charge in [0.25, 0.3) is 0 Å². The molecule has 1 aliphatic rings. The van der Waals surface area contributed by atoms with E-state index in [1.54, 1.807) is 16.0 Å². The number of nitrogens with zero attached hydrogens (tertiary/aromatic N) is 4. The molecular weight excluding hydrogens is 302 g/mol. The van der Waals surface area contributed by atoms with E-state index in [0.29, 0.717) is 17.2 Å².